The van der Waals surface area contributed by atoms with Crippen LogP contribution in [0.15, 0.2) is 0 Å². The van der Waals surface area contributed by atoms with E-state index in [2.05, 4.69) is 0 Å². The van der Waals surface area contributed by atoms with Gasteiger partial charge < -0.3 is 0 Å². The molecule has 1 saturated heterocycles. The van der Waals surface area contributed by atoms with E-state index in [9.17, 15) is 0 Å². The van der Waals surface area contributed by atoms with Crippen LogP contribution in [0.1, 0.15) is 12.8 Å². The van der Waals surface area contributed by atoms with E-state index in [1.165, 1.54) is 0 Å². The van der Waals surface area contributed by atoms with Gasteiger partial charge in [0.25, 0.3) is 0 Å². The number of hydrogen-bond donors (Lipinski definition) is 0. The minimum atomic E-state index is 0.352. The van der Waals surface area contributed by atoms with E-state index in [1.807, 2.05) is 0 Å². The second kappa shape index (κ2) is 1.97. The van der Waals surface area contributed by atoms with Gasteiger partial charge >= 0.3 is 41.0 Å². The molecule has 1 aliphatic rings. The second-order valence-electron chi connectivity index (χ2n) is 1.32. The third-order valence-corrected chi connectivity index (χ3v) is 4.98. The molecule has 0 aliphatic carbocycles. The normalized spacial score (nSPS) is 24.0. The van der Waals surface area contributed by atoms with Gasteiger partial charge in [0.05, 0.1) is 0 Å². The second-order valence-corrected chi connectivity index (χ2v) is 5.72. The quantitative estimate of drug-likeness (QED) is 0.604. The van der Waals surface area contributed by atoms with Gasteiger partial charge in [-0.2, -0.15) is 0 Å². The van der Waals surface area contributed by atoms with Gasteiger partial charge in [-0.15, -0.1) is 0 Å². The summed E-state index contributed by atoms with van der Waals surface area (Å²) < 4.78 is 0. The zero-order chi connectivity index (χ0) is 3.54. The molecule has 1 fully saturated rings. The first-order chi connectivity index (χ1) is 2.50. The first kappa shape index (κ1) is 3.86. The molecule has 1 rings (SSSR count). The fraction of sp³-hybridized carbons (Fsp3) is 1.00. The van der Waals surface area contributed by atoms with E-state index < -0.39 is 0 Å². The van der Waals surface area contributed by atoms with Gasteiger partial charge in [-0.1, -0.05) is 0 Å². The van der Waals surface area contributed by atoms with Gasteiger partial charge in [-0.05, 0) is 0 Å². The van der Waals surface area contributed by atoms with Gasteiger partial charge in [-0.25, -0.2) is 0 Å². The zero-order valence-corrected chi connectivity index (χ0v) is 6.17. The Labute approximate surface area is 41.5 Å². The molecule has 1 heteroatoms. The standard InChI is InChI=1S/C4H8.W/c1-3-4-2;/h1-4H2;. The van der Waals surface area contributed by atoms with Crippen molar-refractivity contribution in [3.63, 3.8) is 0 Å². The van der Waals surface area contributed by atoms with E-state index in [1.54, 1.807) is 22.5 Å². The first-order valence-electron chi connectivity index (χ1n) is 2.08. The van der Waals surface area contributed by atoms with Crippen LogP contribution in [0.4, 0.5) is 0 Å². The molecule has 0 N–H and O–H groups in total. The summed E-state index contributed by atoms with van der Waals surface area (Å²) >= 11 is 0.352. The van der Waals surface area contributed by atoms with Crippen LogP contribution in [-0.4, -0.2) is 0 Å². The van der Waals surface area contributed by atoms with E-state index in [-0.39, 0.29) is 0 Å². The fourth-order valence-electron chi connectivity index (χ4n) is 0.510. The molecular weight excluding hydrogens is 232 g/mol. The van der Waals surface area contributed by atoms with Crippen LogP contribution in [0.5, 0.6) is 0 Å². The molecule has 0 saturated carbocycles. The molecule has 0 spiro atoms. The summed E-state index contributed by atoms with van der Waals surface area (Å²) in [5, 5.41) is 0. The third kappa shape index (κ3) is 1.05. The van der Waals surface area contributed by atoms with E-state index >= 15 is 0 Å². The molecular formula is C4H8W. The summed E-state index contributed by atoms with van der Waals surface area (Å²) in [5.41, 5.74) is 0. The summed E-state index contributed by atoms with van der Waals surface area (Å²) in [6, 6.07) is 0. The molecule has 5 heavy (non-hydrogen) atoms. The fourth-order valence-corrected chi connectivity index (χ4v) is 4.18. The van der Waals surface area contributed by atoms with Crippen LogP contribution in [0.25, 0.3) is 0 Å². The van der Waals surface area contributed by atoms with Crippen LogP contribution in [-0.2, 0) is 18.6 Å². The number of rotatable bonds is 0. The Morgan fingerprint density at radius 1 is 1.00 bits per heavy atom. The van der Waals surface area contributed by atoms with E-state index in [0.717, 1.165) is 0 Å². The Hall–Kier alpha value is 0.688. The summed E-state index contributed by atoms with van der Waals surface area (Å²) in [4.78, 5) is 3.33. The molecule has 1 aliphatic heterocycles. The maximum atomic E-state index is 1.67. The van der Waals surface area contributed by atoms with E-state index in [0.29, 0.717) is 18.6 Å². The molecule has 1 heterocycles. The molecule has 30 valence electrons. The minimum absolute atomic E-state index is 0.352. The van der Waals surface area contributed by atoms with Crippen LogP contribution in [0.3, 0.4) is 0 Å². The van der Waals surface area contributed by atoms with Crippen LogP contribution in [0.2, 0.25) is 9.62 Å². The summed E-state index contributed by atoms with van der Waals surface area (Å²) in [6.45, 7) is 0. The average molecular weight is 240 g/mol. The van der Waals surface area contributed by atoms with Crippen molar-refractivity contribution in [1.29, 1.82) is 0 Å². The first-order valence-corrected chi connectivity index (χ1v) is 6.23. The van der Waals surface area contributed by atoms with Gasteiger partial charge in [-0.3, -0.25) is 0 Å². The third-order valence-electron chi connectivity index (χ3n) is 0.827. The van der Waals surface area contributed by atoms with Crippen LogP contribution in [0, 0.1) is 0 Å². The van der Waals surface area contributed by atoms with Gasteiger partial charge in [0.1, 0.15) is 0 Å². The monoisotopic (exact) mass is 240 g/mol. The Balaban J connectivity index is 2.08. The molecule has 0 atom stereocenters. The maximum absolute atomic E-state index is 1.67. The summed E-state index contributed by atoms with van der Waals surface area (Å²) in [5.74, 6) is 0. The summed E-state index contributed by atoms with van der Waals surface area (Å²) in [7, 11) is 0. The Kier molecular flexibility index (Phi) is 1.52. The molecule has 0 amide bonds. The Morgan fingerprint density at radius 2 is 1.60 bits per heavy atom. The molecule has 0 aromatic heterocycles. The van der Waals surface area contributed by atoms with Crippen LogP contribution >= 0.6 is 0 Å². The van der Waals surface area contributed by atoms with Crippen molar-refractivity contribution in [1.82, 2.24) is 0 Å². The van der Waals surface area contributed by atoms with Crippen molar-refractivity contribution < 1.29 is 18.6 Å². The molecule has 0 unspecified atom stereocenters. The SMILES string of the molecule is C1C[CH2][W][CH2]1. The van der Waals surface area contributed by atoms with E-state index in [4.69, 9.17) is 0 Å². The van der Waals surface area contributed by atoms with Crippen molar-refractivity contribution in [3.05, 3.63) is 0 Å². The Bertz CT molecular complexity index is 15.2. The van der Waals surface area contributed by atoms with Crippen molar-refractivity contribution in [3.8, 4) is 0 Å². The van der Waals surface area contributed by atoms with Gasteiger partial charge in [0, 0.05) is 0 Å². The van der Waals surface area contributed by atoms with Gasteiger partial charge in [0.15, 0.2) is 0 Å². The van der Waals surface area contributed by atoms with Crippen molar-refractivity contribution in [2.24, 2.45) is 0 Å². The average Bonchev–Trinajstić information content (AvgIpc) is 1.76. The Morgan fingerprint density at radius 3 is 1.80 bits per heavy atom. The predicted molar refractivity (Wildman–Crippen MR) is 18.8 cm³/mol. The van der Waals surface area contributed by atoms with Crippen LogP contribution < -0.4 is 0 Å². The molecule has 0 nitrogen and oxygen atoms in total. The zero-order valence-electron chi connectivity index (χ0n) is 3.24. The predicted octanol–water partition coefficient (Wildman–Crippen LogP) is 1.70. The summed E-state index contributed by atoms with van der Waals surface area (Å²) in [6.07, 6.45) is 3.15. The molecule has 0 radical (unpaired) electrons. The van der Waals surface area contributed by atoms with Crippen molar-refractivity contribution in [2.45, 2.75) is 22.5 Å². The number of hydrogen-bond acceptors (Lipinski definition) is 0. The molecule has 0 aromatic rings. The van der Waals surface area contributed by atoms with Crippen molar-refractivity contribution >= 4 is 0 Å². The topological polar surface area (TPSA) is 0 Å². The molecule has 0 bridgehead atoms. The van der Waals surface area contributed by atoms with Gasteiger partial charge in [0.2, 0.25) is 0 Å². The van der Waals surface area contributed by atoms with Crippen molar-refractivity contribution in [2.75, 3.05) is 0 Å². The molecule has 0 aromatic carbocycles.